The van der Waals surface area contributed by atoms with Gasteiger partial charge in [-0.05, 0) is 25.0 Å². The van der Waals surface area contributed by atoms with Gasteiger partial charge in [-0.1, -0.05) is 6.07 Å². The molecule has 0 saturated carbocycles. The number of hydrogen-bond acceptors (Lipinski definition) is 5. The average molecular weight is 274 g/mol. The van der Waals surface area contributed by atoms with Crippen LogP contribution in [0, 0.1) is 17.0 Å². The van der Waals surface area contributed by atoms with Crippen molar-refractivity contribution >= 4 is 15.7 Å². The molecule has 0 aliphatic rings. The van der Waals surface area contributed by atoms with E-state index in [1.54, 1.807) is 13.0 Å². The van der Waals surface area contributed by atoms with Gasteiger partial charge in [-0.25, -0.2) is 13.6 Å². The molecular formula is C10H14N2O5S. The Bertz CT molecular complexity index is 541. The van der Waals surface area contributed by atoms with E-state index >= 15 is 0 Å². The Morgan fingerprint density at radius 2 is 2.11 bits per heavy atom. The first kappa shape index (κ1) is 14.4. The molecule has 2 N–H and O–H groups in total. The first-order chi connectivity index (χ1) is 8.29. The largest absolute Gasteiger partial charge is 0.487 e. The number of ether oxygens (including phenoxy) is 1. The minimum Gasteiger partial charge on any atom is -0.487 e. The van der Waals surface area contributed by atoms with E-state index in [0.29, 0.717) is 0 Å². The topological polar surface area (TPSA) is 113 Å². The number of sulfonamides is 1. The minimum atomic E-state index is -3.53. The van der Waals surface area contributed by atoms with Crippen molar-refractivity contribution in [1.29, 1.82) is 0 Å². The quantitative estimate of drug-likeness (QED) is 0.471. The van der Waals surface area contributed by atoms with E-state index in [1.807, 2.05) is 0 Å². The first-order valence-corrected chi connectivity index (χ1v) is 6.89. The van der Waals surface area contributed by atoms with Crippen LogP contribution in [-0.2, 0) is 10.0 Å². The van der Waals surface area contributed by atoms with Crippen LogP contribution >= 0.6 is 0 Å². The van der Waals surface area contributed by atoms with Crippen LogP contribution in [0.25, 0.3) is 0 Å². The van der Waals surface area contributed by atoms with Gasteiger partial charge in [0.25, 0.3) is 0 Å². The molecule has 1 aromatic rings. The molecule has 0 heterocycles. The lowest BCUT2D eigenvalue weighted by Gasteiger charge is -2.06. The predicted molar refractivity (Wildman–Crippen MR) is 65.9 cm³/mol. The Morgan fingerprint density at radius 1 is 1.44 bits per heavy atom. The summed E-state index contributed by atoms with van der Waals surface area (Å²) in [6.45, 7) is 1.79. The monoisotopic (exact) mass is 274 g/mol. The lowest BCUT2D eigenvalue weighted by Crippen LogP contribution is -2.18. The highest BCUT2D eigenvalue weighted by Crippen LogP contribution is 2.27. The maximum Gasteiger partial charge on any atom is 0.311 e. The average Bonchev–Trinajstić information content (AvgIpc) is 2.24. The van der Waals surface area contributed by atoms with Crippen molar-refractivity contribution in [3.63, 3.8) is 0 Å². The van der Waals surface area contributed by atoms with Crippen LogP contribution < -0.4 is 9.88 Å². The van der Waals surface area contributed by atoms with E-state index in [1.165, 1.54) is 12.1 Å². The molecule has 8 heteroatoms. The second kappa shape index (κ2) is 5.78. The van der Waals surface area contributed by atoms with Gasteiger partial charge in [0.1, 0.15) is 0 Å². The fraction of sp³-hybridized carbons (Fsp3) is 0.400. The zero-order chi connectivity index (χ0) is 13.8. The van der Waals surface area contributed by atoms with Gasteiger partial charge in [0.15, 0.2) is 5.75 Å². The molecule has 0 amide bonds. The van der Waals surface area contributed by atoms with Gasteiger partial charge in [-0.2, -0.15) is 0 Å². The number of nitro groups is 1. The molecule has 0 aliphatic heterocycles. The minimum absolute atomic E-state index is 0.0559. The van der Waals surface area contributed by atoms with Crippen LogP contribution in [0.3, 0.4) is 0 Å². The Hall–Kier alpha value is -1.67. The summed E-state index contributed by atoms with van der Waals surface area (Å²) >= 11 is 0. The van der Waals surface area contributed by atoms with Gasteiger partial charge in [0, 0.05) is 6.07 Å². The number of aryl methyl sites for hydroxylation is 1. The fourth-order valence-electron chi connectivity index (χ4n) is 1.33. The smallest absolute Gasteiger partial charge is 0.311 e. The van der Waals surface area contributed by atoms with Gasteiger partial charge in [-0.3, -0.25) is 10.1 Å². The molecule has 100 valence electrons. The summed E-state index contributed by atoms with van der Waals surface area (Å²) < 4.78 is 26.5. The maximum absolute atomic E-state index is 10.8. The number of rotatable bonds is 6. The third-order valence-electron chi connectivity index (χ3n) is 2.14. The SMILES string of the molecule is Cc1ccc(OCCCS(N)(=O)=O)c([N+](=O)[O-])c1. The molecule has 1 aromatic carbocycles. The third kappa shape index (κ3) is 4.68. The Balaban J connectivity index is 2.65. The van der Waals surface area contributed by atoms with E-state index in [0.717, 1.165) is 5.56 Å². The zero-order valence-electron chi connectivity index (χ0n) is 9.83. The lowest BCUT2D eigenvalue weighted by atomic mass is 10.2. The van der Waals surface area contributed by atoms with E-state index in [4.69, 9.17) is 9.88 Å². The zero-order valence-corrected chi connectivity index (χ0v) is 10.6. The van der Waals surface area contributed by atoms with Crippen molar-refractivity contribution in [2.45, 2.75) is 13.3 Å². The van der Waals surface area contributed by atoms with E-state index in [2.05, 4.69) is 0 Å². The second-order valence-corrected chi connectivity index (χ2v) is 5.53. The van der Waals surface area contributed by atoms with Crippen molar-refractivity contribution < 1.29 is 18.1 Å². The Kier molecular flexibility index (Phi) is 4.62. The van der Waals surface area contributed by atoms with Gasteiger partial charge < -0.3 is 4.74 Å². The summed E-state index contributed by atoms with van der Waals surface area (Å²) in [4.78, 5) is 10.2. The van der Waals surface area contributed by atoms with Crippen LogP contribution in [0.5, 0.6) is 5.75 Å². The summed E-state index contributed by atoms with van der Waals surface area (Å²) in [6, 6.07) is 4.57. The van der Waals surface area contributed by atoms with E-state index < -0.39 is 14.9 Å². The van der Waals surface area contributed by atoms with Crippen LogP contribution in [0.2, 0.25) is 0 Å². The van der Waals surface area contributed by atoms with E-state index in [9.17, 15) is 18.5 Å². The second-order valence-electron chi connectivity index (χ2n) is 3.80. The molecule has 0 radical (unpaired) electrons. The van der Waals surface area contributed by atoms with Gasteiger partial charge in [-0.15, -0.1) is 0 Å². The highest BCUT2D eigenvalue weighted by atomic mass is 32.2. The van der Waals surface area contributed by atoms with Gasteiger partial charge in [0.05, 0.1) is 17.3 Å². The first-order valence-electron chi connectivity index (χ1n) is 5.18. The Labute approximate surface area is 105 Å². The molecule has 18 heavy (non-hydrogen) atoms. The maximum atomic E-state index is 10.8. The molecule has 0 aromatic heterocycles. The van der Waals surface area contributed by atoms with Crippen LogP contribution in [-0.4, -0.2) is 25.7 Å². The van der Waals surface area contributed by atoms with Gasteiger partial charge >= 0.3 is 5.69 Å². The number of benzene rings is 1. The molecule has 0 spiro atoms. The molecule has 0 unspecified atom stereocenters. The fourth-order valence-corrected chi connectivity index (χ4v) is 1.85. The summed E-state index contributed by atoms with van der Waals surface area (Å²) in [6.07, 6.45) is 0.184. The number of nitrogens with zero attached hydrogens (tertiary/aromatic N) is 1. The standard InChI is InChI=1S/C10H14N2O5S/c1-8-3-4-10(9(7-8)12(13)14)17-5-2-6-18(11,15)16/h3-4,7H,2,5-6H2,1H3,(H2,11,15,16). The van der Waals surface area contributed by atoms with Crippen molar-refractivity contribution in [2.24, 2.45) is 5.14 Å². The van der Waals surface area contributed by atoms with Crippen LogP contribution in [0.1, 0.15) is 12.0 Å². The van der Waals surface area contributed by atoms with Gasteiger partial charge in [0.2, 0.25) is 10.0 Å². The molecular weight excluding hydrogens is 260 g/mol. The normalized spacial score (nSPS) is 11.2. The number of nitrogens with two attached hydrogens (primary N) is 1. The summed E-state index contributed by atoms with van der Waals surface area (Å²) in [7, 11) is -3.53. The molecule has 1 rings (SSSR count). The molecule has 0 saturated heterocycles. The van der Waals surface area contributed by atoms with E-state index in [-0.39, 0.29) is 30.2 Å². The summed E-state index contributed by atoms with van der Waals surface area (Å²) in [5, 5.41) is 15.6. The van der Waals surface area contributed by atoms with Crippen molar-refractivity contribution in [3.8, 4) is 5.75 Å². The predicted octanol–water partition coefficient (Wildman–Crippen LogP) is 0.961. The number of nitro benzene ring substituents is 1. The molecule has 0 aliphatic carbocycles. The lowest BCUT2D eigenvalue weighted by molar-refractivity contribution is -0.385. The van der Waals surface area contributed by atoms with Crippen LogP contribution in [0.15, 0.2) is 18.2 Å². The molecule has 0 atom stereocenters. The number of primary sulfonamides is 1. The highest BCUT2D eigenvalue weighted by Gasteiger charge is 2.15. The summed E-state index contributed by atoms with van der Waals surface area (Å²) in [5.41, 5.74) is 0.615. The molecule has 7 nitrogen and oxygen atoms in total. The summed E-state index contributed by atoms with van der Waals surface area (Å²) in [5.74, 6) is -0.0906. The number of hydrogen-bond donors (Lipinski definition) is 1. The third-order valence-corrected chi connectivity index (χ3v) is 3.00. The molecule has 0 fully saturated rings. The Morgan fingerprint density at radius 3 is 2.67 bits per heavy atom. The molecule has 0 bridgehead atoms. The van der Waals surface area contributed by atoms with Crippen molar-refractivity contribution in [1.82, 2.24) is 0 Å². The van der Waals surface area contributed by atoms with Crippen molar-refractivity contribution in [3.05, 3.63) is 33.9 Å². The van der Waals surface area contributed by atoms with Crippen molar-refractivity contribution in [2.75, 3.05) is 12.4 Å². The highest BCUT2D eigenvalue weighted by molar-refractivity contribution is 7.89. The van der Waals surface area contributed by atoms with Crippen LogP contribution in [0.4, 0.5) is 5.69 Å².